The Kier molecular flexibility index (Phi) is 2.52. The minimum Gasteiger partial charge on any atom is -0.478 e. The van der Waals surface area contributed by atoms with E-state index in [1.807, 2.05) is 0 Å². The fourth-order valence-electron chi connectivity index (χ4n) is 1.84. The van der Waals surface area contributed by atoms with Crippen LogP contribution in [0.15, 0.2) is 35.1 Å². The summed E-state index contributed by atoms with van der Waals surface area (Å²) in [5, 5.41) is 8.94. The first-order chi connectivity index (χ1) is 9.15. The highest BCUT2D eigenvalue weighted by Crippen LogP contribution is 2.18. The third kappa shape index (κ3) is 1.95. The van der Waals surface area contributed by atoms with Crippen molar-refractivity contribution in [3.05, 3.63) is 48.2 Å². The number of imidazole rings is 1. The molecule has 3 rings (SSSR count). The zero-order chi connectivity index (χ0) is 13.4. The average Bonchev–Trinajstić information content (AvgIpc) is 2.98. The van der Waals surface area contributed by atoms with Crippen molar-refractivity contribution in [3.63, 3.8) is 0 Å². The predicted octanol–water partition coefficient (Wildman–Crippen LogP) is 1.91. The van der Waals surface area contributed by atoms with Crippen LogP contribution in [0.5, 0.6) is 0 Å². The number of carbonyl (C=O) groups is 1. The van der Waals surface area contributed by atoms with E-state index in [0.717, 1.165) is 0 Å². The Morgan fingerprint density at radius 2 is 2.32 bits per heavy atom. The van der Waals surface area contributed by atoms with E-state index in [0.29, 0.717) is 16.9 Å². The maximum Gasteiger partial charge on any atom is 0.335 e. The van der Waals surface area contributed by atoms with Crippen molar-refractivity contribution in [1.82, 2.24) is 14.5 Å². The second-order valence-electron chi connectivity index (χ2n) is 3.90. The number of carboxylic acids is 1. The van der Waals surface area contributed by atoms with Gasteiger partial charge in [-0.05, 0) is 18.2 Å². The summed E-state index contributed by atoms with van der Waals surface area (Å²) in [6.45, 7) is 0.0540. The molecule has 0 radical (unpaired) electrons. The van der Waals surface area contributed by atoms with Gasteiger partial charge in [0.1, 0.15) is 12.8 Å². The highest BCUT2D eigenvalue weighted by Gasteiger charge is 2.14. The monoisotopic (exact) mass is 261 g/mol. The maximum absolute atomic E-state index is 13.8. The first-order valence-corrected chi connectivity index (χ1v) is 5.42. The maximum atomic E-state index is 13.8. The van der Waals surface area contributed by atoms with E-state index in [2.05, 4.69) is 9.97 Å². The lowest BCUT2D eigenvalue weighted by Crippen LogP contribution is -2.04. The lowest BCUT2D eigenvalue weighted by atomic mass is 10.2. The molecule has 0 bridgehead atoms. The van der Waals surface area contributed by atoms with Crippen LogP contribution in [0.4, 0.5) is 4.39 Å². The Morgan fingerprint density at radius 1 is 1.47 bits per heavy atom. The van der Waals surface area contributed by atoms with Gasteiger partial charge in [-0.3, -0.25) is 4.57 Å². The Labute approximate surface area is 106 Å². The number of aromatic carboxylic acids is 1. The number of aromatic nitrogens is 3. The summed E-state index contributed by atoms with van der Waals surface area (Å²) in [6.07, 6.45) is 2.13. The van der Waals surface area contributed by atoms with Crippen molar-refractivity contribution in [1.29, 1.82) is 0 Å². The number of hydrogen-bond acceptors (Lipinski definition) is 4. The summed E-state index contributed by atoms with van der Waals surface area (Å²) in [5.41, 5.74) is 0.839. The number of halogens is 1. The number of benzene rings is 1. The fraction of sp³-hybridized carbons (Fsp3) is 0.0833. The van der Waals surface area contributed by atoms with Gasteiger partial charge in [-0.1, -0.05) is 0 Å². The largest absolute Gasteiger partial charge is 0.478 e. The highest BCUT2D eigenvalue weighted by molar-refractivity contribution is 5.92. The van der Waals surface area contributed by atoms with Gasteiger partial charge in [0.2, 0.25) is 5.89 Å². The molecule has 0 fully saturated rings. The molecule has 1 N–H and O–H groups in total. The SMILES string of the molecule is O=C(O)c1ccc2nc(F)n(Cc3ncco3)c2c1. The lowest BCUT2D eigenvalue weighted by Gasteiger charge is -2.02. The molecular formula is C12H8FN3O3. The van der Waals surface area contributed by atoms with E-state index in [4.69, 9.17) is 9.52 Å². The van der Waals surface area contributed by atoms with Crippen LogP contribution in [-0.2, 0) is 6.54 Å². The molecule has 0 aliphatic rings. The Hall–Kier alpha value is -2.70. The van der Waals surface area contributed by atoms with Gasteiger partial charge in [-0.2, -0.15) is 4.39 Å². The van der Waals surface area contributed by atoms with Crippen molar-refractivity contribution < 1.29 is 18.7 Å². The van der Waals surface area contributed by atoms with E-state index >= 15 is 0 Å². The van der Waals surface area contributed by atoms with E-state index in [1.165, 1.54) is 35.2 Å². The number of hydrogen-bond donors (Lipinski definition) is 1. The normalized spacial score (nSPS) is 11.0. The zero-order valence-electron chi connectivity index (χ0n) is 9.58. The second kappa shape index (κ2) is 4.20. The van der Waals surface area contributed by atoms with Gasteiger partial charge in [0, 0.05) is 0 Å². The molecular weight excluding hydrogens is 253 g/mol. The summed E-state index contributed by atoms with van der Waals surface area (Å²) in [7, 11) is 0. The molecule has 0 saturated carbocycles. The van der Waals surface area contributed by atoms with Gasteiger partial charge in [-0.15, -0.1) is 0 Å². The predicted molar refractivity (Wildman–Crippen MR) is 62.3 cm³/mol. The molecule has 96 valence electrons. The van der Waals surface area contributed by atoms with E-state index < -0.39 is 12.0 Å². The molecule has 0 saturated heterocycles. The molecule has 0 unspecified atom stereocenters. The van der Waals surface area contributed by atoms with Gasteiger partial charge < -0.3 is 9.52 Å². The minimum atomic E-state index is -1.08. The molecule has 7 heteroatoms. The number of oxazole rings is 1. The average molecular weight is 261 g/mol. The molecule has 2 aromatic heterocycles. The molecule has 2 heterocycles. The first-order valence-electron chi connectivity index (χ1n) is 5.42. The van der Waals surface area contributed by atoms with E-state index in [9.17, 15) is 9.18 Å². The molecule has 0 amide bonds. The summed E-state index contributed by atoms with van der Waals surface area (Å²) in [6, 6.07) is 4.22. The van der Waals surface area contributed by atoms with Crippen molar-refractivity contribution in [3.8, 4) is 0 Å². The minimum absolute atomic E-state index is 0.0540. The van der Waals surface area contributed by atoms with Crippen molar-refractivity contribution in [2.24, 2.45) is 0 Å². The van der Waals surface area contributed by atoms with Gasteiger partial charge in [0.15, 0.2) is 0 Å². The second-order valence-corrected chi connectivity index (χ2v) is 3.90. The first kappa shape index (κ1) is 11.4. The van der Waals surface area contributed by atoms with Gasteiger partial charge in [-0.25, -0.2) is 14.8 Å². The number of fused-ring (bicyclic) bond motifs is 1. The Balaban J connectivity index is 2.14. The third-order valence-electron chi connectivity index (χ3n) is 2.73. The molecule has 0 spiro atoms. The van der Waals surface area contributed by atoms with Crippen LogP contribution in [0.2, 0.25) is 0 Å². The van der Waals surface area contributed by atoms with Gasteiger partial charge >= 0.3 is 5.97 Å². The number of rotatable bonds is 3. The summed E-state index contributed by atoms with van der Waals surface area (Å²) in [4.78, 5) is 18.6. The van der Waals surface area contributed by atoms with Gasteiger partial charge in [0.25, 0.3) is 6.08 Å². The Morgan fingerprint density at radius 3 is 3.00 bits per heavy atom. The number of carboxylic acid groups (broad SMARTS) is 1. The van der Waals surface area contributed by atoms with Crippen LogP contribution in [0, 0.1) is 6.08 Å². The molecule has 6 nitrogen and oxygen atoms in total. The molecule has 0 atom stereocenters. The molecule has 0 aliphatic heterocycles. The van der Waals surface area contributed by atoms with Crippen molar-refractivity contribution >= 4 is 17.0 Å². The Bertz CT molecular complexity index is 749. The van der Waals surface area contributed by atoms with Crippen LogP contribution in [0.25, 0.3) is 11.0 Å². The van der Waals surface area contributed by atoms with Crippen LogP contribution >= 0.6 is 0 Å². The smallest absolute Gasteiger partial charge is 0.335 e. The van der Waals surface area contributed by atoms with E-state index in [-0.39, 0.29) is 12.1 Å². The summed E-state index contributed by atoms with van der Waals surface area (Å²) >= 11 is 0. The molecule has 0 aliphatic carbocycles. The quantitative estimate of drug-likeness (QED) is 0.778. The summed E-state index contributed by atoms with van der Waals surface area (Å²) in [5.74, 6) is -0.759. The van der Waals surface area contributed by atoms with Gasteiger partial charge in [0.05, 0.1) is 22.8 Å². The zero-order valence-corrected chi connectivity index (χ0v) is 9.58. The van der Waals surface area contributed by atoms with E-state index in [1.54, 1.807) is 0 Å². The standard InChI is InChI=1S/C12H8FN3O3/c13-12-15-8-2-1-7(11(17)18)5-9(8)16(12)6-10-14-3-4-19-10/h1-5H,6H2,(H,17,18). The van der Waals surface area contributed by atoms with Crippen molar-refractivity contribution in [2.75, 3.05) is 0 Å². The molecule has 3 aromatic rings. The third-order valence-corrected chi connectivity index (χ3v) is 2.73. The van der Waals surface area contributed by atoms with Crippen LogP contribution < -0.4 is 0 Å². The molecule has 1 aromatic carbocycles. The highest BCUT2D eigenvalue weighted by atomic mass is 19.1. The van der Waals surface area contributed by atoms with Crippen LogP contribution in [0.3, 0.4) is 0 Å². The number of nitrogens with zero attached hydrogens (tertiary/aromatic N) is 3. The van der Waals surface area contributed by atoms with Crippen LogP contribution in [-0.4, -0.2) is 25.6 Å². The van der Waals surface area contributed by atoms with Crippen LogP contribution in [0.1, 0.15) is 16.2 Å². The van der Waals surface area contributed by atoms with Crippen molar-refractivity contribution in [2.45, 2.75) is 6.54 Å². The fourth-order valence-corrected chi connectivity index (χ4v) is 1.84. The lowest BCUT2D eigenvalue weighted by molar-refractivity contribution is 0.0697. The summed E-state index contributed by atoms with van der Waals surface area (Å²) < 4.78 is 20.0. The molecule has 19 heavy (non-hydrogen) atoms. The topological polar surface area (TPSA) is 81.1 Å².